The SMILES string of the molecule is C=S.Fc1ccccc1. The van der Waals surface area contributed by atoms with Crippen molar-refractivity contribution in [3.8, 4) is 0 Å². The van der Waals surface area contributed by atoms with E-state index < -0.39 is 0 Å². The third-order valence-corrected chi connectivity index (χ3v) is 0.733. The molecular formula is C7H7FS. The molecule has 0 saturated carbocycles. The van der Waals surface area contributed by atoms with Crippen LogP contribution in [0.15, 0.2) is 30.3 Å². The highest BCUT2D eigenvalue weighted by atomic mass is 32.1. The lowest BCUT2D eigenvalue weighted by molar-refractivity contribution is 0.628. The van der Waals surface area contributed by atoms with E-state index in [1.54, 1.807) is 18.2 Å². The van der Waals surface area contributed by atoms with Crippen LogP contribution >= 0.6 is 12.2 Å². The molecule has 1 aromatic carbocycles. The molecule has 0 nitrogen and oxygen atoms in total. The molecule has 1 aromatic rings. The molecule has 0 aromatic heterocycles. The molecule has 0 atom stereocenters. The van der Waals surface area contributed by atoms with Gasteiger partial charge in [0.05, 0.1) is 0 Å². The number of thiocarbonyl (C=S) groups is 1. The second-order valence-electron chi connectivity index (χ2n) is 1.30. The Morgan fingerprint density at radius 3 is 1.78 bits per heavy atom. The predicted octanol–water partition coefficient (Wildman–Crippen LogP) is 2.44. The molecule has 0 bridgehead atoms. The summed E-state index contributed by atoms with van der Waals surface area (Å²) >= 11 is 3.83. The summed E-state index contributed by atoms with van der Waals surface area (Å²) in [5.74, 6) is 2.66. The van der Waals surface area contributed by atoms with Crippen molar-refractivity contribution in [3.05, 3.63) is 36.1 Å². The van der Waals surface area contributed by atoms with Crippen LogP contribution in [0.4, 0.5) is 4.39 Å². The molecule has 0 aliphatic carbocycles. The first-order valence-electron chi connectivity index (χ1n) is 2.39. The lowest BCUT2D eigenvalue weighted by Crippen LogP contribution is -1.63. The maximum atomic E-state index is 11.9. The van der Waals surface area contributed by atoms with Gasteiger partial charge in [-0.2, -0.15) is 0 Å². The molecule has 0 aliphatic heterocycles. The van der Waals surface area contributed by atoms with Crippen molar-refractivity contribution >= 4 is 18.1 Å². The number of hydrogen-bond acceptors (Lipinski definition) is 1. The van der Waals surface area contributed by atoms with Crippen molar-refractivity contribution in [2.24, 2.45) is 0 Å². The zero-order chi connectivity index (χ0) is 7.11. The van der Waals surface area contributed by atoms with Gasteiger partial charge in [0, 0.05) is 0 Å². The minimum absolute atomic E-state index is 0.178. The molecular weight excluding hydrogens is 135 g/mol. The van der Waals surface area contributed by atoms with Gasteiger partial charge < -0.3 is 0 Å². The van der Waals surface area contributed by atoms with Crippen LogP contribution in [-0.2, 0) is 0 Å². The Hall–Kier alpha value is -0.760. The predicted molar refractivity (Wildman–Crippen MR) is 41.1 cm³/mol. The van der Waals surface area contributed by atoms with Crippen molar-refractivity contribution in [2.75, 3.05) is 0 Å². The van der Waals surface area contributed by atoms with Gasteiger partial charge in [-0.3, -0.25) is 0 Å². The average molecular weight is 142 g/mol. The first-order valence-corrected chi connectivity index (χ1v) is 2.97. The van der Waals surface area contributed by atoms with Crippen LogP contribution in [0, 0.1) is 5.82 Å². The Labute approximate surface area is 59.3 Å². The quantitative estimate of drug-likeness (QED) is 0.501. The van der Waals surface area contributed by atoms with E-state index in [1.165, 1.54) is 12.1 Å². The Morgan fingerprint density at radius 1 is 1.11 bits per heavy atom. The standard InChI is InChI=1S/C6H5F.CH2S/c7-6-4-2-1-3-5-6;1-2/h1-5H;1H2. The molecule has 2 heteroatoms. The van der Waals surface area contributed by atoms with E-state index in [0.717, 1.165) is 0 Å². The highest BCUT2D eigenvalue weighted by molar-refractivity contribution is 7.77. The summed E-state index contributed by atoms with van der Waals surface area (Å²) in [6, 6.07) is 7.94. The Bertz CT molecular complexity index is 150. The van der Waals surface area contributed by atoms with Crippen molar-refractivity contribution in [2.45, 2.75) is 0 Å². The maximum absolute atomic E-state index is 11.9. The number of benzene rings is 1. The van der Waals surface area contributed by atoms with Gasteiger partial charge in [0.1, 0.15) is 5.82 Å². The normalized spacial score (nSPS) is 7.22. The topological polar surface area (TPSA) is 0 Å². The molecule has 1 rings (SSSR count). The van der Waals surface area contributed by atoms with Crippen molar-refractivity contribution < 1.29 is 4.39 Å². The van der Waals surface area contributed by atoms with E-state index >= 15 is 0 Å². The lowest BCUT2D eigenvalue weighted by atomic mass is 10.4. The maximum Gasteiger partial charge on any atom is 0.123 e. The third-order valence-electron chi connectivity index (χ3n) is 0.733. The van der Waals surface area contributed by atoms with Crippen LogP contribution in [0.1, 0.15) is 0 Å². The van der Waals surface area contributed by atoms with Gasteiger partial charge >= 0.3 is 0 Å². The summed E-state index contributed by atoms with van der Waals surface area (Å²) in [5, 5.41) is 0. The van der Waals surface area contributed by atoms with Crippen LogP contribution in [0.25, 0.3) is 0 Å². The molecule has 0 N–H and O–H groups in total. The van der Waals surface area contributed by atoms with Gasteiger partial charge in [0.25, 0.3) is 0 Å². The summed E-state index contributed by atoms with van der Waals surface area (Å²) in [7, 11) is 0. The Kier molecular flexibility index (Phi) is 4.92. The van der Waals surface area contributed by atoms with Gasteiger partial charge in [-0.15, -0.1) is 0 Å². The Balaban J connectivity index is 0.000000291. The van der Waals surface area contributed by atoms with Crippen LogP contribution < -0.4 is 0 Å². The van der Waals surface area contributed by atoms with Crippen molar-refractivity contribution in [1.29, 1.82) is 0 Å². The van der Waals surface area contributed by atoms with Crippen LogP contribution in [0.2, 0.25) is 0 Å². The molecule has 0 saturated heterocycles. The number of hydrogen-bond donors (Lipinski definition) is 0. The van der Waals surface area contributed by atoms with E-state index in [0.29, 0.717) is 0 Å². The monoisotopic (exact) mass is 142 g/mol. The fraction of sp³-hybridized carbons (Fsp3) is 0. The van der Waals surface area contributed by atoms with Crippen LogP contribution in [0.3, 0.4) is 0 Å². The van der Waals surface area contributed by atoms with E-state index in [-0.39, 0.29) is 5.82 Å². The summed E-state index contributed by atoms with van der Waals surface area (Å²) in [6.45, 7) is 0. The van der Waals surface area contributed by atoms with Crippen molar-refractivity contribution in [1.82, 2.24) is 0 Å². The molecule has 0 unspecified atom stereocenters. The minimum atomic E-state index is -0.178. The first kappa shape index (κ1) is 8.24. The highest BCUT2D eigenvalue weighted by Crippen LogP contribution is 1.91. The molecule has 0 heterocycles. The number of rotatable bonds is 0. The van der Waals surface area contributed by atoms with Crippen LogP contribution in [0.5, 0.6) is 0 Å². The first-order chi connectivity index (χ1) is 4.39. The zero-order valence-corrected chi connectivity index (χ0v) is 5.70. The van der Waals surface area contributed by atoms with Gasteiger partial charge in [-0.05, 0) is 18.0 Å². The van der Waals surface area contributed by atoms with E-state index in [4.69, 9.17) is 0 Å². The number of halogens is 1. The van der Waals surface area contributed by atoms with Gasteiger partial charge in [0.15, 0.2) is 0 Å². The molecule has 0 radical (unpaired) electrons. The minimum Gasteiger partial charge on any atom is -0.207 e. The zero-order valence-electron chi connectivity index (χ0n) is 4.88. The second kappa shape index (κ2) is 5.38. The van der Waals surface area contributed by atoms with Gasteiger partial charge in [0.2, 0.25) is 0 Å². The van der Waals surface area contributed by atoms with Crippen LogP contribution in [-0.4, -0.2) is 5.87 Å². The summed E-state index contributed by atoms with van der Waals surface area (Å²) in [6.07, 6.45) is 0. The summed E-state index contributed by atoms with van der Waals surface area (Å²) in [4.78, 5) is 0. The summed E-state index contributed by atoms with van der Waals surface area (Å²) < 4.78 is 11.9. The largest absolute Gasteiger partial charge is 0.207 e. The fourth-order valence-electron chi connectivity index (χ4n) is 0.415. The second-order valence-corrected chi connectivity index (χ2v) is 1.30. The average Bonchev–Trinajstić information content (AvgIpc) is 1.94. The smallest absolute Gasteiger partial charge is 0.123 e. The molecule has 0 spiro atoms. The highest BCUT2D eigenvalue weighted by Gasteiger charge is 1.77. The van der Waals surface area contributed by atoms with E-state index in [9.17, 15) is 4.39 Å². The summed E-state index contributed by atoms with van der Waals surface area (Å²) in [5.41, 5.74) is 0. The molecule has 0 fully saturated rings. The molecule has 48 valence electrons. The molecule has 0 aliphatic rings. The molecule has 0 amide bonds. The van der Waals surface area contributed by atoms with Gasteiger partial charge in [-0.25, -0.2) is 4.39 Å². The lowest BCUT2D eigenvalue weighted by Gasteiger charge is -1.78. The van der Waals surface area contributed by atoms with Gasteiger partial charge in [-0.1, -0.05) is 30.4 Å². The molecule has 9 heavy (non-hydrogen) atoms. The fourth-order valence-corrected chi connectivity index (χ4v) is 0.415. The van der Waals surface area contributed by atoms with Crippen molar-refractivity contribution in [3.63, 3.8) is 0 Å². The van der Waals surface area contributed by atoms with E-state index in [2.05, 4.69) is 18.1 Å². The third kappa shape index (κ3) is 3.79. The Morgan fingerprint density at radius 2 is 1.56 bits per heavy atom. The van der Waals surface area contributed by atoms with E-state index in [1.807, 2.05) is 0 Å².